The van der Waals surface area contributed by atoms with Crippen molar-refractivity contribution in [1.29, 1.82) is 0 Å². The lowest BCUT2D eigenvalue weighted by molar-refractivity contribution is 0.102. The van der Waals surface area contributed by atoms with Gasteiger partial charge in [-0.2, -0.15) is 0 Å². The van der Waals surface area contributed by atoms with Crippen LogP contribution in [-0.4, -0.2) is 15.5 Å². The molecule has 7 heteroatoms. The van der Waals surface area contributed by atoms with Gasteiger partial charge >= 0.3 is 0 Å². The minimum absolute atomic E-state index is 0.146. The smallest absolute Gasteiger partial charge is 0.261 e. The summed E-state index contributed by atoms with van der Waals surface area (Å²) < 4.78 is 1.72. The largest absolute Gasteiger partial charge is 0.322 e. The second kappa shape index (κ2) is 11.2. The minimum atomic E-state index is -0.304. The molecule has 0 saturated heterocycles. The van der Waals surface area contributed by atoms with Crippen molar-refractivity contribution in [2.45, 2.75) is 26.3 Å². The third kappa shape index (κ3) is 5.49. The number of nitrogens with one attached hydrogen (secondary N) is 1. The van der Waals surface area contributed by atoms with Crippen molar-refractivity contribution >= 4 is 45.7 Å². The predicted molar refractivity (Wildman–Crippen MR) is 155 cm³/mol. The van der Waals surface area contributed by atoms with E-state index in [1.54, 1.807) is 47.0 Å². The van der Waals surface area contributed by atoms with Crippen LogP contribution in [0.15, 0.2) is 95.8 Å². The van der Waals surface area contributed by atoms with E-state index in [4.69, 9.17) is 28.2 Å². The average molecular weight is 542 g/mol. The highest BCUT2D eigenvalue weighted by atomic mass is 35.5. The molecule has 0 bridgehead atoms. The van der Waals surface area contributed by atoms with E-state index in [2.05, 4.69) is 12.2 Å². The van der Waals surface area contributed by atoms with Crippen LogP contribution in [0.4, 0.5) is 5.69 Å². The van der Waals surface area contributed by atoms with Crippen molar-refractivity contribution in [3.63, 3.8) is 0 Å². The number of amides is 1. The number of carbonyl (C=O) groups is 1. The molecule has 1 aromatic heterocycles. The summed E-state index contributed by atoms with van der Waals surface area (Å²) in [7, 11) is 0. The topological polar surface area (TPSA) is 64.0 Å². The molecule has 1 N–H and O–H groups in total. The Morgan fingerprint density at radius 3 is 2.45 bits per heavy atom. The van der Waals surface area contributed by atoms with E-state index in [0.29, 0.717) is 45.2 Å². The Labute approximate surface area is 230 Å². The van der Waals surface area contributed by atoms with Crippen LogP contribution in [-0.2, 0) is 13.0 Å². The summed E-state index contributed by atoms with van der Waals surface area (Å²) in [6, 6.07) is 27.7. The molecule has 190 valence electrons. The third-order valence-electron chi connectivity index (χ3n) is 6.33. The molecule has 0 aliphatic rings. The molecule has 0 saturated carbocycles. The van der Waals surface area contributed by atoms with E-state index in [9.17, 15) is 9.59 Å². The van der Waals surface area contributed by atoms with Gasteiger partial charge in [-0.1, -0.05) is 78.7 Å². The first kappa shape index (κ1) is 25.7. The maximum absolute atomic E-state index is 13.7. The van der Waals surface area contributed by atoms with Gasteiger partial charge in [0.25, 0.3) is 11.5 Å². The van der Waals surface area contributed by atoms with Gasteiger partial charge in [0.2, 0.25) is 0 Å². The van der Waals surface area contributed by atoms with Gasteiger partial charge in [0, 0.05) is 33.3 Å². The second-order valence-corrected chi connectivity index (χ2v) is 9.89. The van der Waals surface area contributed by atoms with E-state index < -0.39 is 0 Å². The lowest BCUT2D eigenvalue weighted by Gasteiger charge is -2.15. The van der Waals surface area contributed by atoms with E-state index >= 15 is 0 Å². The first-order valence-electron chi connectivity index (χ1n) is 12.4. The van der Waals surface area contributed by atoms with Gasteiger partial charge in [0.05, 0.1) is 17.4 Å². The molecule has 0 spiro atoms. The number of rotatable bonds is 7. The molecule has 1 amide bonds. The molecular formula is C31H25Cl2N3O2. The van der Waals surface area contributed by atoms with E-state index in [1.165, 1.54) is 0 Å². The number of nitrogens with zero attached hydrogens (tertiary/aromatic N) is 2. The molecule has 5 nitrogen and oxygen atoms in total. The maximum atomic E-state index is 13.7. The third-order valence-corrected chi connectivity index (χ3v) is 6.90. The van der Waals surface area contributed by atoms with Crippen LogP contribution in [0.3, 0.4) is 0 Å². The number of halogens is 2. The fourth-order valence-corrected chi connectivity index (χ4v) is 4.86. The van der Waals surface area contributed by atoms with Crippen LogP contribution >= 0.6 is 23.2 Å². The summed E-state index contributed by atoms with van der Waals surface area (Å²) in [5.41, 5.74) is 4.36. The number of anilines is 1. The lowest BCUT2D eigenvalue weighted by Crippen LogP contribution is -2.26. The number of hydrogen-bond acceptors (Lipinski definition) is 3. The monoisotopic (exact) mass is 541 g/mol. The molecule has 38 heavy (non-hydrogen) atoms. The van der Waals surface area contributed by atoms with Crippen molar-refractivity contribution in [2.75, 3.05) is 5.32 Å². The molecule has 5 aromatic rings. The van der Waals surface area contributed by atoms with Crippen molar-refractivity contribution in [1.82, 2.24) is 9.55 Å². The number of benzene rings is 4. The summed E-state index contributed by atoms with van der Waals surface area (Å²) >= 11 is 12.4. The summed E-state index contributed by atoms with van der Waals surface area (Å²) in [6.45, 7) is 2.45. The fraction of sp³-hybridized carbons (Fsp3) is 0.129. The van der Waals surface area contributed by atoms with Crippen molar-refractivity contribution in [3.8, 4) is 11.1 Å². The van der Waals surface area contributed by atoms with Gasteiger partial charge in [-0.3, -0.25) is 14.2 Å². The summed E-state index contributed by atoms with van der Waals surface area (Å²) in [6.07, 6.45) is 1.54. The zero-order chi connectivity index (χ0) is 26.6. The van der Waals surface area contributed by atoms with Crippen molar-refractivity contribution in [2.24, 2.45) is 0 Å². The van der Waals surface area contributed by atoms with Gasteiger partial charge in [0.1, 0.15) is 5.82 Å². The Morgan fingerprint density at radius 1 is 0.921 bits per heavy atom. The van der Waals surface area contributed by atoms with E-state index in [-0.39, 0.29) is 11.5 Å². The molecule has 0 unspecified atom stereocenters. The highest BCUT2D eigenvalue weighted by Gasteiger charge is 2.14. The number of carbonyl (C=O) groups excluding carboxylic acids is 1. The normalized spacial score (nSPS) is 11.0. The highest BCUT2D eigenvalue weighted by Crippen LogP contribution is 2.28. The molecule has 0 radical (unpaired) electrons. The maximum Gasteiger partial charge on any atom is 0.261 e. The zero-order valence-corrected chi connectivity index (χ0v) is 22.3. The molecule has 1 heterocycles. The second-order valence-electron chi connectivity index (χ2n) is 9.04. The number of aryl methyl sites for hydroxylation is 1. The van der Waals surface area contributed by atoms with Gasteiger partial charge < -0.3 is 5.32 Å². The summed E-state index contributed by atoms with van der Waals surface area (Å²) in [4.78, 5) is 31.2. The Balaban J connectivity index is 1.47. The molecule has 4 aromatic carbocycles. The van der Waals surface area contributed by atoms with Crippen LogP contribution in [0, 0.1) is 0 Å². The average Bonchev–Trinajstić information content (AvgIpc) is 2.92. The molecule has 5 rings (SSSR count). The number of fused-ring (bicyclic) bond motifs is 1. The van der Waals surface area contributed by atoms with Crippen LogP contribution in [0.1, 0.15) is 35.1 Å². The highest BCUT2D eigenvalue weighted by molar-refractivity contribution is 6.33. The first-order chi connectivity index (χ1) is 18.4. The molecule has 0 aliphatic heterocycles. The van der Waals surface area contributed by atoms with Crippen LogP contribution < -0.4 is 10.9 Å². The van der Waals surface area contributed by atoms with Crippen LogP contribution in [0.2, 0.25) is 10.0 Å². The van der Waals surface area contributed by atoms with E-state index in [0.717, 1.165) is 28.9 Å². The van der Waals surface area contributed by atoms with Crippen LogP contribution in [0.5, 0.6) is 0 Å². The predicted octanol–water partition coefficient (Wildman–Crippen LogP) is 7.62. The Morgan fingerprint density at radius 2 is 1.71 bits per heavy atom. The Bertz CT molecular complexity index is 1690. The Kier molecular flexibility index (Phi) is 7.59. The molecule has 0 fully saturated rings. The van der Waals surface area contributed by atoms with Crippen molar-refractivity contribution in [3.05, 3.63) is 128 Å². The van der Waals surface area contributed by atoms with Gasteiger partial charge in [-0.25, -0.2) is 4.98 Å². The quantitative estimate of drug-likeness (QED) is 0.230. The standard InChI is InChI=1S/C31H25Cl2N3O2/c1-2-6-29-35-28-16-15-24(34-30(37)22-7-5-8-23(32)17-22)18-26(28)31(38)36(29)19-20-11-13-21(14-12-20)25-9-3-4-10-27(25)33/h3-5,7-18H,2,6,19H2,1H3,(H,34,37). The first-order valence-corrected chi connectivity index (χ1v) is 13.1. The minimum Gasteiger partial charge on any atom is -0.322 e. The lowest BCUT2D eigenvalue weighted by atomic mass is 10.0. The fourth-order valence-electron chi connectivity index (χ4n) is 4.42. The van der Waals surface area contributed by atoms with Gasteiger partial charge in [-0.15, -0.1) is 0 Å². The van der Waals surface area contributed by atoms with Gasteiger partial charge in [-0.05, 0) is 60.0 Å². The number of hydrogen-bond donors (Lipinski definition) is 1. The van der Waals surface area contributed by atoms with Gasteiger partial charge in [0.15, 0.2) is 0 Å². The van der Waals surface area contributed by atoms with Crippen molar-refractivity contribution < 1.29 is 4.79 Å². The molecule has 0 atom stereocenters. The number of aromatic nitrogens is 2. The SMILES string of the molecule is CCCc1nc2ccc(NC(=O)c3cccc(Cl)c3)cc2c(=O)n1Cc1ccc(-c2ccccc2Cl)cc1. The summed E-state index contributed by atoms with van der Waals surface area (Å²) in [5.74, 6) is 0.428. The van der Waals surface area contributed by atoms with Crippen LogP contribution in [0.25, 0.3) is 22.0 Å². The Hall–Kier alpha value is -3.93. The molecule has 0 aliphatic carbocycles. The summed E-state index contributed by atoms with van der Waals surface area (Å²) in [5, 5.41) is 4.47. The zero-order valence-electron chi connectivity index (χ0n) is 20.7. The van der Waals surface area contributed by atoms with E-state index in [1.807, 2.05) is 48.5 Å². The molecular weight excluding hydrogens is 517 g/mol.